The first-order chi connectivity index (χ1) is 13.5. The Kier molecular flexibility index (Phi) is 7.56. The van der Waals surface area contributed by atoms with E-state index in [0.29, 0.717) is 23.4 Å². The summed E-state index contributed by atoms with van der Waals surface area (Å²) in [5.74, 6) is -1.11. The van der Waals surface area contributed by atoms with E-state index in [2.05, 4.69) is 5.32 Å². The number of rotatable bonds is 9. The number of methoxy groups -OCH3 is 1. The molecule has 2 rings (SSSR count). The maximum Gasteiger partial charge on any atom is 0.305 e. The minimum Gasteiger partial charge on any atom is -0.497 e. The fourth-order valence-corrected chi connectivity index (χ4v) is 2.73. The molecule has 2 amide bonds. The van der Waals surface area contributed by atoms with Crippen LogP contribution in [0, 0.1) is 0 Å². The fourth-order valence-electron chi connectivity index (χ4n) is 2.73. The molecule has 0 radical (unpaired) electrons. The lowest BCUT2D eigenvalue weighted by Crippen LogP contribution is -2.43. The van der Waals surface area contributed by atoms with E-state index in [1.54, 1.807) is 55.5 Å². The number of hydrogen-bond acceptors (Lipinski definition) is 4. The molecule has 0 heterocycles. The highest BCUT2D eigenvalue weighted by molar-refractivity contribution is 5.98. The van der Waals surface area contributed by atoms with Gasteiger partial charge in [-0.15, -0.1) is 0 Å². The van der Waals surface area contributed by atoms with Crippen molar-refractivity contribution in [2.24, 2.45) is 0 Å². The fraction of sp³-hybridized carbons (Fsp3) is 0.286. The second-order valence-corrected chi connectivity index (χ2v) is 6.11. The van der Waals surface area contributed by atoms with Gasteiger partial charge in [0.15, 0.2) is 0 Å². The van der Waals surface area contributed by atoms with Crippen molar-refractivity contribution in [1.29, 1.82) is 0 Å². The number of likely N-dealkylation sites (N-methyl/N-ethyl adjacent to an activating group) is 1. The highest BCUT2D eigenvalue weighted by Crippen LogP contribution is 2.18. The van der Waals surface area contributed by atoms with Crippen molar-refractivity contribution >= 4 is 17.8 Å². The number of aliphatic carboxylic acids is 1. The average Bonchev–Trinajstić information content (AvgIpc) is 2.72. The van der Waals surface area contributed by atoms with Crippen molar-refractivity contribution in [3.63, 3.8) is 0 Å². The molecule has 2 N–H and O–H groups in total. The van der Waals surface area contributed by atoms with Gasteiger partial charge in [-0.05, 0) is 36.8 Å². The van der Waals surface area contributed by atoms with E-state index in [9.17, 15) is 14.4 Å². The van der Waals surface area contributed by atoms with Crippen LogP contribution in [0.3, 0.4) is 0 Å². The Hall–Kier alpha value is -3.35. The Labute approximate surface area is 163 Å². The summed E-state index contributed by atoms with van der Waals surface area (Å²) in [6, 6.07) is 14.5. The van der Waals surface area contributed by atoms with Crippen LogP contribution in [0.25, 0.3) is 0 Å². The van der Waals surface area contributed by atoms with Crippen molar-refractivity contribution in [1.82, 2.24) is 10.2 Å². The highest BCUT2D eigenvalue weighted by Gasteiger charge is 2.27. The lowest BCUT2D eigenvalue weighted by atomic mass is 10.0. The van der Waals surface area contributed by atoms with Gasteiger partial charge in [0, 0.05) is 18.7 Å². The molecule has 0 fully saturated rings. The molecular weight excluding hydrogens is 360 g/mol. The standard InChI is InChI=1S/C21H24N2O5/c1-3-23(14-13-18(24)25)21(27)19(15-7-5-4-6-8-15)22-20(26)16-9-11-17(28-2)12-10-16/h4-12,19H,3,13-14H2,1-2H3,(H,22,26)(H,24,25). The molecule has 0 aliphatic rings. The number of amides is 2. The Bertz CT molecular complexity index is 805. The lowest BCUT2D eigenvalue weighted by molar-refractivity contribution is -0.139. The molecule has 148 valence electrons. The third-order valence-corrected chi connectivity index (χ3v) is 4.30. The molecule has 1 unspecified atom stereocenters. The molecule has 7 nitrogen and oxygen atoms in total. The summed E-state index contributed by atoms with van der Waals surface area (Å²) in [5, 5.41) is 11.7. The first-order valence-corrected chi connectivity index (χ1v) is 8.96. The van der Waals surface area contributed by atoms with E-state index < -0.39 is 17.9 Å². The first-order valence-electron chi connectivity index (χ1n) is 8.96. The zero-order chi connectivity index (χ0) is 20.5. The number of carboxylic acid groups (broad SMARTS) is 1. The van der Waals surface area contributed by atoms with Crippen LogP contribution in [0.4, 0.5) is 0 Å². The summed E-state index contributed by atoms with van der Waals surface area (Å²) in [5.41, 5.74) is 1.02. The highest BCUT2D eigenvalue weighted by atomic mass is 16.5. The second kappa shape index (κ2) is 10.1. The van der Waals surface area contributed by atoms with Crippen LogP contribution in [0.5, 0.6) is 5.75 Å². The summed E-state index contributed by atoms with van der Waals surface area (Å²) < 4.78 is 5.09. The zero-order valence-corrected chi connectivity index (χ0v) is 15.9. The van der Waals surface area contributed by atoms with Crippen LogP contribution in [0.2, 0.25) is 0 Å². The molecule has 0 spiro atoms. The average molecular weight is 384 g/mol. The maximum atomic E-state index is 13.1. The molecule has 0 aliphatic heterocycles. The van der Waals surface area contributed by atoms with Crippen molar-refractivity contribution in [3.8, 4) is 5.75 Å². The minimum absolute atomic E-state index is 0.0758. The largest absolute Gasteiger partial charge is 0.497 e. The molecule has 2 aromatic rings. The summed E-state index contributed by atoms with van der Waals surface area (Å²) in [7, 11) is 1.54. The van der Waals surface area contributed by atoms with E-state index in [1.165, 1.54) is 12.0 Å². The monoisotopic (exact) mass is 384 g/mol. The van der Waals surface area contributed by atoms with Gasteiger partial charge < -0.3 is 20.1 Å². The lowest BCUT2D eigenvalue weighted by Gasteiger charge is -2.27. The Morgan fingerprint density at radius 2 is 1.71 bits per heavy atom. The maximum absolute atomic E-state index is 13.1. The number of nitrogens with zero attached hydrogens (tertiary/aromatic N) is 1. The van der Waals surface area contributed by atoms with Crippen LogP contribution in [0.15, 0.2) is 54.6 Å². The number of ether oxygens (including phenoxy) is 1. The number of hydrogen-bond donors (Lipinski definition) is 2. The number of carboxylic acids is 1. The number of benzene rings is 2. The zero-order valence-electron chi connectivity index (χ0n) is 15.9. The molecule has 0 aromatic heterocycles. The Balaban J connectivity index is 2.24. The van der Waals surface area contributed by atoms with E-state index >= 15 is 0 Å². The predicted molar refractivity (Wildman–Crippen MR) is 104 cm³/mol. The smallest absolute Gasteiger partial charge is 0.305 e. The number of carbonyl (C=O) groups excluding carboxylic acids is 2. The van der Waals surface area contributed by atoms with Crippen LogP contribution >= 0.6 is 0 Å². The SMILES string of the molecule is CCN(CCC(=O)O)C(=O)C(NC(=O)c1ccc(OC)cc1)c1ccccc1. The van der Waals surface area contributed by atoms with Gasteiger partial charge in [0.25, 0.3) is 5.91 Å². The minimum atomic E-state index is -0.982. The van der Waals surface area contributed by atoms with Gasteiger partial charge in [0.2, 0.25) is 5.91 Å². The van der Waals surface area contributed by atoms with E-state index in [-0.39, 0.29) is 18.9 Å². The summed E-state index contributed by atoms with van der Waals surface area (Å²) >= 11 is 0. The second-order valence-electron chi connectivity index (χ2n) is 6.11. The van der Waals surface area contributed by atoms with Gasteiger partial charge >= 0.3 is 5.97 Å². The normalized spacial score (nSPS) is 11.4. The molecule has 0 saturated carbocycles. The van der Waals surface area contributed by atoms with E-state index in [1.807, 2.05) is 6.07 Å². The first kappa shape index (κ1) is 21.0. The molecule has 0 saturated heterocycles. The molecule has 0 bridgehead atoms. The molecule has 2 aromatic carbocycles. The Morgan fingerprint density at radius 3 is 2.25 bits per heavy atom. The molecule has 28 heavy (non-hydrogen) atoms. The topological polar surface area (TPSA) is 95.9 Å². The van der Waals surface area contributed by atoms with Crippen LogP contribution in [-0.4, -0.2) is 48.0 Å². The summed E-state index contributed by atoms with van der Waals surface area (Å²) in [6.07, 6.45) is -0.159. The molecule has 0 aliphatic carbocycles. The molecule has 1 atom stereocenters. The van der Waals surface area contributed by atoms with E-state index in [4.69, 9.17) is 9.84 Å². The molecular formula is C21H24N2O5. The van der Waals surface area contributed by atoms with Gasteiger partial charge in [-0.25, -0.2) is 0 Å². The predicted octanol–water partition coefficient (Wildman–Crippen LogP) is 2.49. The van der Waals surface area contributed by atoms with E-state index in [0.717, 1.165) is 0 Å². The van der Waals surface area contributed by atoms with Crippen LogP contribution in [-0.2, 0) is 9.59 Å². The van der Waals surface area contributed by atoms with Gasteiger partial charge in [0.1, 0.15) is 11.8 Å². The molecule has 7 heteroatoms. The Morgan fingerprint density at radius 1 is 1.07 bits per heavy atom. The van der Waals surface area contributed by atoms with Crippen molar-refractivity contribution in [2.45, 2.75) is 19.4 Å². The van der Waals surface area contributed by atoms with Crippen molar-refractivity contribution in [2.75, 3.05) is 20.2 Å². The quantitative estimate of drug-likeness (QED) is 0.692. The van der Waals surface area contributed by atoms with Gasteiger partial charge in [-0.3, -0.25) is 14.4 Å². The van der Waals surface area contributed by atoms with Crippen molar-refractivity contribution < 1.29 is 24.2 Å². The van der Waals surface area contributed by atoms with Crippen molar-refractivity contribution in [3.05, 3.63) is 65.7 Å². The third kappa shape index (κ3) is 5.57. The third-order valence-electron chi connectivity index (χ3n) is 4.30. The van der Waals surface area contributed by atoms with Crippen LogP contribution in [0.1, 0.15) is 35.3 Å². The number of carbonyl (C=O) groups is 3. The van der Waals surface area contributed by atoms with Gasteiger partial charge in [-0.2, -0.15) is 0 Å². The summed E-state index contributed by atoms with van der Waals surface area (Å²) in [4.78, 5) is 38.1. The van der Waals surface area contributed by atoms with Crippen LogP contribution < -0.4 is 10.1 Å². The number of nitrogens with one attached hydrogen (secondary N) is 1. The van der Waals surface area contributed by atoms with Gasteiger partial charge in [0.05, 0.1) is 13.5 Å². The van der Waals surface area contributed by atoms with Gasteiger partial charge in [-0.1, -0.05) is 30.3 Å². The summed E-state index contributed by atoms with van der Waals surface area (Å²) in [6.45, 7) is 2.19.